The summed E-state index contributed by atoms with van der Waals surface area (Å²) in [5.74, 6) is -0.184. The monoisotopic (exact) mass is 465 g/mol. The number of benzene rings is 2. The van der Waals surface area contributed by atoms with E-state index in [1.54, 1.807) is 17.0 Å². The minimum Gasteiger partial charge on any atom is -0.426 e. The molecular formula is C27H35N3O4. The summed E-state index contributed by atoms with van der Waals surface area (Å²) in [5, 5.41) is 3.04. The molecule has 7 heteroatoms. The molecule has 1 aliphatic heterocycles. The lowest BCUT2D eigenvalue weighted by Crippen LogP contribution is -2.45. The summed E-state index contributed by atoms with van der Waals surface area (Å²) in [6.07, 6.45) is 3.92. The number of hydrogen-bond donors (Lipinski definition) is 2. The van der Waals surface area contributed by atoms with Crippen LogP contribution in [0.5, 0.6) is 5.75 Å². The summed E-state index contributed by atoms with van der Waals surface area (Å²) in [6, 6.07) is 6.62. The highest BCUT2D eigenvalue weighted by atomic mass is 16.5. The zero-order valence-electron chi connectivity index (χ0n) is 20.8. The van der Waals surface area contributed by atoms with Crippen molar-refractivity contribution in [2.24, 2.45) is 0 Å². The molecular weight excluding hydrogens is 430 g/mol. The number of aryl methyl sites for hydroxylation is 1. The predicted octanol–water partition coefficient (Wildman–Crippen LogP) is 4.76. The molecule has 1 heterocycles. The van der Waals surface area contributed by atoms with E-state index in [4.69, 9.17) is 10.5 Å². The number of nitrogens with two attached hydrogens (primary N) is 1. The number of nitrogens with one attached hydrogen (secondary N) is 1. The molecule has 0 bridgehead atoms. The maximum absolute atomic E-state index is 13.7. The second kappa shape index (κ2) is 10.7. The van der Waals surface area contributed by atoms with Gasteiger partial charge in [0.2, 0.25) is 5.91 Å². The van der Waals surface area contributed by atoms with Crippen LogP contribution >= 0.6 is 0 Å². The van der Waals surface area contributed by atoms with E-state index in [9.17, 15) is 14.4 Å². The number of rotatable bonds is 7. The standard InChI is InChI=1S/C27H35N3O4/c1-6-7-8-9-24(32)30-13-12-20-10-11-21(28)15-22(20)25(30)27(33)29-23-14-16(2)26(34-19(5)31)18(4)17(23)3/h10-11,14-15,25H,6-9,12-13,28H2,1-5H3,(H,29,33). The quantitative estimate of drug-likeness (QED) is 0.266. The third-order valence-electron chi connectivity index (χ3n) is 6.49. The van der Waals surface area contributed by atoms with E-state index in [-0.39, 0.29) is 11.8 Å². The Morgan fingerprint density at radius 3 is 2.53 bits per heavy atom. The number of ether oxygens (including phenoxy) is 1. The van der Waals surface area contributed by atoms with Crippen LogP contribution in [0.2, 0.25) is 0 Å². The van der Waals surface area contributed by atoms with E-state index in [2.05, 4.69) is 12.2 Å². The van der Waals surface area contributed by atoms with E-state index in [1.165, 1.54) is 6.92 Å². The van der Waals surface area contributed by atoms with Crippen LogP contribution in [0.25, 0.3) is 0 Å². The number of carbonyl (C=O) groups is 3. The summed E-state index contributed by atoms with van der Waals surface area (Å²) in [5.41, 5.74) is 11.4. The third kappa shape index (κ3) is 5.41. The lowest BCUT2D eigenvalue weighted by molar-refractivity contribution is -0.139. The molecule has 1 aliphatic rings. The molecule has 1 atom stereocenters. The van der Waals surface area contributed by atoms with Crippen molar-refractivity contribution in [3.05, 3.63) is 52.1 Å². The van der Waals surface area contributed by atoms with Crippen LogP contribution in [0.4, 0.5) is 11.4 Å². The van der Waals surface area contributed by atoms with Crippen LogP contribution < -0.4 is 15.8 Å². The number of hydrogen-bond acceptors (Lipinski definition) is 5. The number of esters is 1. The minimum atomic E-state index is -0.755. The van der Waals surface area contributed by atoms with Gasteiger partial charge in [-0.2, -0.15) is 0 Å². The van der Waals surface area contributed by atoms with Gasteiger partial charge in [-0.05, 0) is 79.6 Å². The highest BCUT2D eigenvalue weighted by molar-refractivity contribution is 5.99. The number of carbonyl (C=O) groups excluding carboxylic acids is 3. The molecule has 2 aromatic carbocycles. The van der Waals surface area contributed by atoms with Crippen molar-refractivity contribution in [2.45, 2.75) is 72.8 Å². The molecule has 182 valence electrons. The number of unbranched alkanes of at least 4 members (excludes halogenated alkanes) is 2. The first-order valence-electron chi connectivity index (χ1n) is 11.9. The maximum Gasteiger partial charge on any atom is 0.308 e. The van der Waals surface area contributed by atoms with Crippen LogP contribution in [0, 0.1) is 20.8 Å². The van der Waals surface area contributed by atoms with Crippen LogP contribution in [-0.2, 0) is 20.8 Å². The number of amides is 2. The summed E-state index contributed by atoms with van der Waals surface area (Å²) in [4.78, 5) is 40.0. The molecule has 1 unspecified atom stereocenters. The molecule has 3 N–H and O–H groups in total. The minimum absolute atomic E-state index is 0.0176. The predicted molar refractivity (Wildman–Crippen MR) is 134 cm³/mol. The smallest absolute Gasteiger partial charge is 0.308 e. The van der Waals surface area contributed by atoms with Gasteiger partial charge in [0, 0.05) is 31.3 Å². The molecule has 0 fully saturated rings. The Labute approximate surface area is 201 Å². The van der Waals surface area contributed by atoms with Gasteiger partial charge in [0.1, 0.15) is 11.8 Å². The Morgan fingerprint density at radius 1 is 1.12 bits per heavy atom. The molecule has 3 rings (SSSR count). The number of nitrogens with zero attached hydrogens (tertiary/aromatic N) is 1. The molecule has 2 amide bonds. The average Bonchev–Trinajstić information content (AvgIpc) is 2.79. The van der Waals surface area contributed by atoms with Gasteiger partial charge in [-0.3, -0.25) is 14.4 Å². The van der Waals surface area contributed by atoms with Crippen molar-refractivity contribution < 1.29 is 19.1 Å². The summed E-state index contributed by atoms with van der Waals surface area (Å²) >= 11 is 0. The SMILES string of the molecule is CCCCCC(=O)N1CCc2ccc(N)cc2C1C(=O)Nc1cc(C)c(OC(C)=O)c(C)c1C. The Hall–Kier alpha value is -3.35. The van der Waals surface area contributed by atoms with Crippen molar-refractivity contribution in [1.29, 1.82) is 0 Å². The van der Waals surface area contributed by atoms with Crippen molar-refractivity contribution >= 4 is 29.2 Å². The summed E-state index contributed by atoms with van der Waals surface area (Å²) in [7, 11) is 0. The summed E-state index contributed by atoms with van der Waals surface area (Å²) in [6.45, 7) is 9.51. The van der Waals surface area contributed by atoms with Gasteiger partial charge in [0.05, 0.1) is 0 Å². The van der Waals surface area contributed by atoms with Crippen LogP contribution in [-0.4, -0.2) is 29.2 Å². The normalized spacial score (nSPS) is 15.0. The molecule has 0 saturated carbocycles. The van der Waals surface area contributed by atoms with Gasteiger partial charge in [0.25, 0.3) is 5.91 Å². The zero-order chi connectivity index (χ0) is 25.0. The highest BCUT2D eigenvalue weighted by Crippen LogP contribution is 2.36. The first kappa shape index (κ1) is 25.3. The van der Waals surface area contributed by atoms with Crippen molar-refractivity contribution in [3.63, 3.8) is 0 Å². The fourth-order valence-electron chi connectivity index (χ4n) is 4.54. The largest absolute Gasteiger partial charge is 0.426 e. The molecule has 2 aromatic rings. The fraction of sp³-hybridized carbons (Fsp3) is 0.444. The first-order valence-corrected chi connectivity index (χ1v) is 11.9. The molecule has 0 radical (unpaired) electrons. The van der Waals surface area contributed by atoms with Gasteiger partial charge in [0.15, 0.2) is 0 Å². The van der Waals surface area contributed by atoms with E-state index in [1.807, 2.05) is 32.9 Å². The second-order valence-electron chi connectivity index (χ2n) is 9.06. The van der Waals surface area contributed by atoms with Crippen molar-refractivity contribution in [2.75, 3.05) is 17.6 Å². The molecule has 0 spiro atoms. The lowest BCUT2D eigenvalue weighted by Gasteiger charge is -2.37. The second-order valence-corrected chi connectivity index (χ2v) is 9.06. The van der Waals surface area contributed by atoms with E-state index in [0.717, 1.165) is 47.1 Å². The number of fused-ring (bicyclic) bond motifs is 1. The third-order valence-corrected chi connectivity index (χ3v) is 6.49. The number of nitrogen functional groups attached to an aromatic ring is 1. The van der Waals surface area contributed by atoms with Crippen LogP contribution in [0.15, 0.2) is 24.3 Å². The van der Waals surface area contributed by atoms with E-state index >= 15 is 0 Å². The summed E-state index contributed by atoms with van der Waals surface area (Å²) < 4.78 is 5.37. The van der Waals surface area contributed by atoms with Crippen LogP contribution in [0.3, 0.4) is 0 Å². The Bertz CT molecular complexity index is 1110. The molecule has 0 aliphatic carbocycles. The Kier molecular flexibility index (Phi) is 7.97. The van der Waals surface area contributed by atoms with Crippen molar-refractivity contribution in [3.8, 4) is 5.75 Å². The molecule has 0 aromatic heterocycles. The van der Waals surface area contributed by atoms with Gasteiger partial charge in [-0.15, -0.1) is 0 Å². The van der Waals surface area contributed by atoms with Gasteiger partial charge in [-0.25, -0.2) is 0 Å². The average molecular weight is 466 g/mol. The van der Waals surface area contributed by atoms with E-state index in [0.29, 0.717) is 36.5 Å². The molecule has 34 heavy (non-hydrogen) atoms. The van der Waals surface area contributed by atoms with Gasteiger partial charge in [-0.1, -0.05) is 25.8 Å². The fourth-order valence-corrected chi connectivity index (χ4v) is 4.54. The molecule has 7 nitrogen and oxygen atoms in total. The van der Waals surface area contributed by atoms with E-state index < -0.39 is 12.0 Å². The Balaban J connectivity index is 1.96. The first-order chi connectivity index (χ1) is 16.1. The maximum atomic E-state index is 13.7. The van der Waals surface area contributed by atoms with Crippen molar-refractivity contribution in [1.82, 2.24) is 4.90 Å². The zero-order valence-corrected chi connectivity index (χ0v) is 20.8. The van der Waals surface area contributed by atoms with Gasteiger partial charge < -0.3 is 20.7 Å². The van der Waals surface area contributed by atoms with Crippen LogP contribution in [0.1, 0.15) is 73.4 Å². The number of anilines is 2. The Morgan fingerprint density at radius 2 is 1.85 bits per heavy atom. The molecule has 0 saturated heterocycles. The highest BCUT2D eigenvalue weighted by Gasteiger charge is 2.36. The topological polar surface area (TPSA) is 102 Å². The van der Waals surface area contributed by atoms with Gasteiger partial charge >= 0.3 is 5.97 Å². The lowest BCUT2D eigenvalue weighted by atomic mass is 9.90.